The number of halogens is 1. The molecule has 1 atom stereocenters. The molecular formula is C12H14BrN3O. The van der Waals surface area contributed by atoms with Crippen molar-refractivity contribution >= 4 is 15.9 Å². The predicted molar refractivity (Wildman–Crippen MR) is 68.3 cm³/mol. The van der Waals surface area contributed by atoms with Gasteiger partial charge in [0, 0.05) is 10.5 Å². The van der Waals surface area contributed by atoms with E-state index in [1.54, 1.807) is 0 Å². The van der Waals surface area contributed by atoms with E-state index in [1.165, 1.54) is 12.0 Å². The smallest absolute Gasteiger partial charge is 0.213 e. The van der Waals surface area contributed by atoms with Crippen LogP contribution in [0.2, 0.25) is 0 Å². The predicted octanol–water partition coefficient (Wildman–Crippen LogP) is 3.07. The van der Waals surface area contributed by atoms with Gasteiger partial charge in [0.25, 0.3) is 0 Å². The van der Waals surface area contributed by atoms with E-state index < -0.39 is 0 Å². The van der Waals surface area contributed by atoms with Gasteiger partial charge in [-0.05, 0) is 24.1 Å². The lowest BCUT2D eigenvalue weighted by atomic mass is 10.0. The molecule has 1 N–H and O–H groups in total. The van der Waals surface area contributed by atoms with E-state index in [0.29, 0.717) is 18.4 Å². The quantitative estimate of drug-likeness (QED) is 0.921. The SMILES string of the molecule is CCC(NCc1ncon1)c1ccc(Br)cc1. The van der Waals surface area contributed by atoms with Gasteiger partial charge in [0.2, 0.25) is 6.39 Å². The van der Waals surface area contributed by atoms with Crippen LogP contribution in [0.15, 0.2) is 39.7 Å². The second kappa shape index (κ2) is 5.93. The van der Waals surface area contributed by atoms with Crippen LogP contribution in [0.5, 0.6) is 0 Å². The molecule has 0 aliphatic rings. The number of hydrogen-bond donors (Lipinski definition) is 1. The first-order valence-electron chi connectivity index (χ1n) is 5.53. The summed E-state index contributed by atoms with van der Waals surface area (Å²) in [5.74, 6) is 0.681. The molecule has 4 nitrogen and oxygen atoms in total. The second-order valence-electron chi connectivity index (χ2n) is 3.74. The summed E-state index contributed by atoms with van der Waals surface area (Å²) in [7, 11) is 0. The van der Waals surface area contributed by atoms with Crippen LogP contribution in [0, 0.1) is 0 Å². The molecule has 1 aromatic heterocycles. The highest BCUT2D eigenvalue weighted by Gasteiger charge is 2.09. The van der Waals surface area contributed by atoms with Gasteiger partial charge in [-0.1, -0.05) is 40.1 Å². The second-order valence-corrected chi connectivity index (χ2v) is 4.66. The van der Waals surface area contributed by atoms with E-state index >= 15 is 0 Å². The molecule has 2 rings (SSSR count). The molecule has 17 heavy (non-hydrogen) atoms. The van der Waals surface area contributed by atoms with Gasteiger partial charge in [0.05, 0.1) is 6.54 Å². The summed E-state index contributed by atoms with van der Waals surface area (Å²) in [6.45, 7) is 2.76. The van der Waals surface area contributed by atoms with Crippen LogP contribution < -0.4 is 5.32 Å². The molecule has 0 saturated heterocycles. The topological polar surface area (TPSA) is 51.0 Å². The molecule has 2 aromatic rings. The van der Waals surface area contributed by atoms with Crippen molar-refractivity contribution in [3.05, 3.63) is 46.5 Å². The van der Waals surface area contributed by atoms with Crippen LogP contribution in [-0.2, 0) is 6.54 Å². The standard InChI is InChI=1S/C12H14BrN3O/c1-2-11(9-3-5-10(13)6-4-9)14-7-12-15-8-17-16-12/h3-6,8,11,14H,2,7H2,1H3. The minimum absolute atomic E-state index is 0.307. The summed E-state index contributed by atoms with van der Waals surface area (Å²) < 4.78 is 5.79. The Kier molecular flexibility index (Phi) is 4.28. The number of hydrogen-bond acceptors (Lipinski definition) is 4. The zero-order valence-electron chi connectivity index (χ0n) is 9.56. The monoisotopic (exact) mass is 295 g/mol. The zero-order chi connectivity index (χ0) is 12.1. The molecule has 0 aliphatic carbocycles. The number of nitrogens with zero attached hydrogens (tertiary/aromatic N) is 2. The van der Waals surface area contributed by atoms with Crippen molar-refractivity contribution in [2.45, 2.75) is 25.9 Å². The highest BCUT2D eigenvalue weighted by Crippen LogP contribution is 2.19. The van der Waals surface area contributed by atoms with E-state index in [0.717, 1.165) is 10.9 Å². The molecule has 1 unspecified atom stereocenters. The van der Waals surface area contributed by atoms with E-state index in [2.05, 4.69) is 50.4 Å². The third kappa shape index (κ3) is 3.38. The van der Waals surface area contributed by atoms with Crippen molar-refractivity contribution in [2.24, 2.45) is 0 Å². The Bertz CT molecular complexity index is 441. The summed E-state index contributed by atoms with van der Waals surface area (Å²) >= 11 is 3.43. The van der Waals surface area contributed by atoms with Gasteiger partial charge in [-0.3, -0.25) is 0 Å². The van der Waals surface area contributed by atoms with Gasteiger partial charge in [0.15, 0.2) is 5.82 Å². The largest absolute Gasteiger partial charge is 0.343 e. The maximum absolute atomic E-state index is 4.69. The Hall–Kier alpha value is -1.20. The normalized spacial score (nSPS) is 12.6. The minimum Gasteiger partial charge on any atom is -0.343 e. The summed E-state index contributed by atoms with van der Waals surface area (Å²) in [5, 5.41) is 7.18. The molecule has 0 aliphatic heterocycles. The van der Waals surface area contributed by atoms with Gasteiger partial charge >= 0.3 is 0 Å². The maximum atomic E-state index is 4.69. The van der Waals surface area contributed by atoms with E-state index in [-0.39, 0.29) is 0 Å². The third-order valence-corrected chi connectivity index (χ3v) is 3.12. The van der Waals surface area contributed by atoms with Crippen molar-refractivity contribution < 1.29 is 4.52 Å². The molecule has 90 valence electrons. The lowest BCUT2D eigenvalue weighted by Crippen LogP contribution is -2.20. The maximum Gasteiger partial charge on any atom is 0.213 e. The minimum atomic E-state index is 0.307. The number of nitrogens with one attached hydrogen (secondary N) is 1. The first kappa shape index (κ1) is 12.3. The van der Waals surface area contributed by atoms with Crippen LogP contribution in [0.4, 0.5) is 0 Å². The van der Waals surface area contributed by atoms with Crippen LogP contribution in [-0.4, -0.2) is 10.1 Å². The molecule has 0 saturated carbocycles. The lowest BCUT2D eigenvalue weighted by Gasteiger charge is -2.16. The van der Waals surface area contributed by atoms with E-state index in [4.69, 9.17) is 4.52 Å². The van der Waals surface area contributed by atoms with Gasteiger partial charge in [-0.25, -0.2) is 0 Å². The molecule has 0 radical (unpaired) electrons. The van der Waals surface area contributed by atoms with Gasteiger partial charge in [-0.2, -0.15) is 4.98 Å². The fourth-order valence-electron chi connectivity index (χ4n) is 1.68. The van der Waals surface area contributed by atoms with E-state index in [1.807, 2.05) is 12.1 Å². The van der Waals surface area contributed by atoms with Crippen molar-refractivity contribution in [1.29, 1.82) is 0 Å². The molecule has 0 amide bonds. The summed E-state index contributed by atoms with van der Waals surface area (Å²) in [4.78, 5) is 3.98. The number of benzene rings is 1. The molecule has 1 heterocycles. The number of rotatable bonds is 5. The van der Waals surface area contributed by atoms with Crippen molar-refractivity contribution in [1.82, 2.24) is 15.5 Å². The molecular weight excluding hydrogens is 282 g/mol. The van der Waals surface area contributed by atoms with Crippen LogP contribution >= 0.6 is 15.9 Å². The zero-order valence-corrected chi connectivity index (χ0v) is 11.1. The molecule has 0 fully saturated rings. The Morgan fingerprint density at radius 2 is 2.12 bits per heavy atom. The Morgan fingerprint density at radius 1 is 1.35 bits per heavy atom. The van der Waals surface area contributed by atoms with Crippen molar-refractivity contribution in [3.63, 3.8) is 0 Å². The van der Waals surface area contributed by atoms with Crippen LogP contribution in [0.1, 0.15) is 30.8 Å². The average Bonchev–Trinajstić information content (AvgIpc) is 2.85. The molecule has 1 aromatic carbocycles. The summed E-state index contributed by atoms with van der Waals surface area (Å²) in [6, 6.07) is 8.63. The van der Waals surface area contributed by atoms with Crippen molar-refractivity contribution in [2.75, 3.05) is 0 Å². The highest BCUT2D eigenvalue weighted by atomic mass is 79.9. The Labute approximate surface area is 109 Å². The fraction of sp³-hybridized carbons (Fsp3) is 0.333. The Balaban J connectivity index is 1.99. The molecule has 5 heteroatoms. The van der Waals surface area contributed by atoms with Gasteiger partial charge < -0.3 is 9.84 Å². The van der Waals surface area contributed by atoms with Crippen LogP contribution in [0.3, 0.4) is 0 Å². The average molecular weight is 296 g/mol. The van der Waals surface area contributed by atoms with Gasteiger partial charge in [-0.15, -0.1) is 0 Å². The fourth-order valence-corrected chi connectivity index (χ4v) is 1.94. The van der Waals surface area contributed by atoms with Gasteiger partial charge in [0.1, 0.15) is 0 Å². The Morgan fingerprint density at radius 3 is 2.71 bits per heavy atom. The molecule has 0 bridgehead atoms. The first-order valence-corrected chi connectivity index (χ1v) is 6.33. The third-order valence-electron chi connectivity index (χ3n) is 2.59. The number of aromatic nitrogens is 2. The van der Waals surface area contributed by atoms with E-state index in [9.17, 15) is 0 Å². The first-order chi connectivity index (χ1) is 8.29. The summed E-state index contributed by atoms with van der Waals surface area (Å²) in [6.07, 6.45) is 2.36. The lowest BCUT2D eigenvalue weighted by molar-refractivity contribution is 0.403. The van der Waals surface area contributed by atoms with Crippen LogP contribution in [0.25, 0.3) is 0 Å². The molecule has 0 spiro atoms. The highest BCUT2D eigenvalue weighted by molar-refractivity contribution is 9.10. The summed E-state index contributed by atoms with van der Waals surface area (Å²) in [5.41, 5.74) is 1.26. The van der Waals surface area contributed by atoms with Crippen molar-refractivity contribution in [3.8, 4) is 0 Å².